The van der Waals surface area contributed by atoms with Crippen LogP contribution in [0.5, 0.6) is 0 Å². The second kappa shape index (κ2) is 7.71. The Morgan fingerprint density at radius 1 is 1.16 bits per heavy atom. The lowest BCUT2D eigenvalue weighted by atomic mass is 10.0. The van der Waals surface area contributed by atoms with Gasteiger partial charge in [0.25, 0.3) is 11.8 Å². The van der Waals surface area contributed by atoms with E-state index in [2.05, 4.69) is 15.4 Å². The van der Waals surface area contributed by atoms with Crippen molar-refractivity contribution >= 4 is 39.1 Å². The molecule has 12 heteroatoms. The summed E-state index contributed by atoms with van der Waals surface area (Å²) in [5, 5.41) is 6.53. The van der Waals surface area contributed by atoms with Crippen molar-refractivity contribution in [2.75, 3.05) is 5.32 Å². The molecule has 0 saturated heterocycles. The Kier molecular flexibility index (Phi) is 5.17. The fraction of sp³-hybridized carbons (Fsp3) is 0.100. The zero-order chi connectivity index (χ0) is 23.2. The van der Waals surface area contributed by atoms with Gasteiger partial charge in [0.15, 0.2) is 0 Å². The number of thiophene rings is 1. The predicted molar refractivity (Wildman–Crippen MR) is 110 cm³/mol. The van der Waals surface area contributed by atoms with Gasteiger partial charge >= 0.3 is 6.18 Å². The number of aromatic nitrogens is 3. The number of benzene rings is 1. The molecule has 0 bridgehead atoms. The van der Waals surface area contributed by atoms with Gasteiger partial charge in [-0.15, -0.1) is 11.3 Å². The first-order valence-corrected chi connectivity index (χ1v) is 9.77. The molecule has 3 aromatic heterocycles. The lowest BCUT2D eigenvalue weighted by Crippen LogP contribution is -2.19. The van der Waals surface area contributed by atoms with Gasteiger partial charge in [-0.25, -0.2) is 9.37 Å². The molecule has 0 aliphatic heterocycles. The van der Waals surface area contributed by atoms with Gasteiger partial charge < -0.3 is 11.1 Å². The number of nitrogens with zero attached hydrogens (tertiary/aromatic N) is 3. The number of amides is 2. The summed E-state index contributed by atoms with van der Waals surface area (Å²) < 4.78 is 55.2. The molecule has 0 saturated carbocycles. The number of alkyl halides is 3. The number of hydrogen-bond acceptors (Lipinski definition) is 5. The molecule has 0 unspecified atom stereocenters. The number of rotatable bonds is 4. The molecule has 2 amide bonds. The van der Waals surface area contributed by atoms with Gasteiger partial charge in [-0.1, -0.05) is 12.1 Å². The van der Waals surface area contributed by atoms with Crippen molar-refractivity contribution in [3.63, 3.8) is 0 Å². The van der Waals surface area contributed by atoms with Crippen molar-refractivity contribution in [1.82, 2.24) is 14.8 Å². The highest BCUT2D eigenvalue weighted by atomic mass is 32.1. The summed E-state index contributed by atoms with van der Waals surface area (Å²) in [7, 11) is 1.52. The van der Waals surface area contributed by atoms with Crippen LogP contribution in [0.3, 0.4) is 0 Å². The van der Waals surface area contributed by atoms with Crippen LogP contribution in [-0.2, 0) is 13.2 Å². The third-order valence-corrected chi connectivity index (χ3v) is 5.72. The van der Waals surface area contributed by atoms with E-state index in [1.807, 2.05) is 0 Å². The summed E-state index contributed by atoms with van der Waals surface area (Å²) in [5.74, 6) is -2.19. The van der Waals surface area contributed by atoms with Gasteiger partial charge in [0, 0.05) is 18.6 Å². The average Bonchev–Trinajstić information content (AvgIpc) is 3.31. The van der Waals surface area contributed by atoms with Gasteiger partial charge in [0.05, 0.1) is 5.69 Å². The highest BCUT2D eigenvalue weighted by Gasteiger charge is 2.35. The molecule has 4 aromatic rings. The topological polar surface area (TPSA) is 103 Å². The Labute approximate surface area is 181 Å². The van der Waals surface area contributed by atoms with Crippen molar-refractivity contribution in [1.29, 1.82) is 0 Å². The molecular weight excluding hydrogens is 450 g/mol. The number of fused-ring (bicyclic) bond motifs is 1. The maximum Gasteiger partial charge on any atom is 0.433 e. The van der Waals surface area contributed by atoms with Crippen LogP contribution in [-0.4, -0.2) is 26.6 Å². The van der Waals surface area contributed by atoms with Gasteiger partial charge in [-0.3, -0.25) is 14.3 Å². The molecule has 0 spiro atoms. The molecule has 0 aliphatic rings. The largest absolute Gasteiger partial charge is 0.433 e. The Balaban J connectivity index is 2.00. The highest BCUT2D eigenvalue weighted by Crippen LogP contribution is 2.43. The lowest BCUT2D eigenvalue weighted by Gasteiger charge is -2.12. The second-order valence-electron chi connectivity index (χ2n) is 6.70. The molecule has 164 valence electrons. The van der Waals surface area contributed by atoms with Gasteiger partial charge in [0.1, 0.15) is 26.9 Å². The quantitative estimate of drug-likeness (QED) is 0.443. The maximum atomic E-state index is 13.5. The van der Waals surface area contributed by atoms with E-state index in [9.17, 15) is 27.2 Å². The van der Waals surface area contributed by atoms with E-state index < -0.39 is 29.5 Å². The SMILES string of the molecule is Cn1nccc1C(=O)Nc1c(C(N)=O)sc2nc(C(F)(F)F)cc(-c3ccc(F)cc3)c12. The fourth-order valence-corrected chi connectivity index (χ4v) is 4.17. The first-order valence-electron chi connectivity index (χ1n) is 8.96. The molecule has 3 N–H and O–H groups in total. The third kappa shape index (κ3) is 3.80. The van der Waals surface area contributed by atoms with Crippen LogP contribution in [0.2, 0.25) is 0 Å². The molecule has 32 heavy (non-hydrogen) atoms. The minimum atomic E-state index is -4.78. The number of carbonyl (C=O) groups excluding carboxylic acids is 2. The average molecular weight is 463 g/mol. The molecule has 0 atom stereocenters. The zero-order valence-electron chi connectivity index (χ0n) is 16.2. The number of carbonyl (C=O) groups is 2. The number of aryl methyl sites for hydroxylation is 1. The van der Waals surface area contributed by atoms with Crippen molar-refractivity contribution < 1.29 is 27.2 Å². The van der Waals surface area contributed by atoms with E-state index >= 15 is 0 Å². The molecule has 7 nitrogen and oxygen atoms in total. The van der Waals surface area contributed by atoms with Crippen LogP contribution in [0.4, 0.5) is 23.2 Å². The number of nitrogens with one attached hydrogen (secondary N) is 1. The number of primary amides is 1. The molecule has 1 aromatic carbocycles. The van der Waals surface area contributed by atoms with E-state index in [1.54, 1.807) is 0 Å². The summed E-state index contributed by atoms with van der Waals surface area (Å²) in [6.07, 6.45) is -3.39. The van der Waals surface area contributed by atoms with E-state index in [0.717, 1.165) is 18.2 Å². The molecule has 3 heterocycles. The molecule has 0 fully saturated rings. The highest BCUT2D eigenvalue weighted by molar-refractivity contribution is 7.21. The normalized spacial score (nSPS) is 11.7. The number of hydrogen-bond donors (Lipinski definition) is 2. The standard InChI is InChI=1S/C20H13F4N5O2S/c1-29-12(6-7-26-29)18(31)28-15-14-11(9-2-4-10(21)5-3-9)8-13(20(22,23)24)27-19(14)32-16(15)17(25)30/h2-8H,1H3,(H2,25,30)(H,28,31). The van der Waals surface area contributed by atoms with Crippen molar-refractivity contribution in [2.24, 2.45) is 12.8 Å². The summed E-state index contributed by atoms with van der Waals surface area (Å²) >= 11 is 0.621. The molecule has 0 aliphatic carbocycles. The van der Waals surface area contributed by atoms with Gasteiger partial charge in [-0.05, 0) is 35.4 Å². The molecule has 0 radical (unpaired) electrons. The number of anilines is 1. The van der Waals surface area contributed by atoms with Crippen LogP contribution in [0.1, 0.15) is 25.9 Å². The Bertz CT molecular complexity index is 1360. The molecule has 4 rings (SSSR count). The Morgan fingerprint density at radius 2 is 1.84 bits per heavy atom. The predicted octanol–water partition coefficient (Wildman–Crippen LogP) is 4.21. The van der Waals surface area contributed by atoms with Crippen LogP contribution >= 0.6 is 11.3 Å². The number of nitrogens with two attached hydrogens (primary N) is 1. The minimum Gasteiger partial charge on any atom is -0.365 e. The monoisotopic (exact) mass is 463 g/mol. The Hall–Kier alpha value is -3.80. The van der Waals surface area contributed by atoms with Crippen LogP contribution in [0.15, 0.2) is 42.6 Å². The van der Waals surface area contributed by atoms with Crippen molar-refractivity contribution in [3.05, 3.63) is 64.7 Å². The van der Waals surface area contributed by atoms with E-state index in [-0.39, 0.29) is 37.6 Å². The van der Waals surface area contributed by atoms with Crippen LogP contribution in [0, 0.1) is 5.82 Å². The second-order valence-corrected chi connectivity index (χ2v) is 7.70. The summed E-state index contributed by atoms with van der Waals surface area (Å²) in [6.45, 7) is 0. The fourth-order valence-electron chi connectivity index (χ4n) is 3.17. The first kappa shape index (κ1) is 21.4. The summed E-state index contributed by atoms with van der Waals surface area (Å²) in [5.41, 5.74) is 4.53. The van der Waals surface area contributed by atoms with Crippen molar-refractivity contribution in [2.45, 2.75) is 6.18 Å². The summed E-state index contributed by atoms with van der Waals surface area (Å²) in [6, 6.07) is 6.97. The van der Waals surface area contributed by atoms with Crippen LogP contribution < -0.4 is 11.1 Å². The van der Waals surface area contributed by atoms with E-state index in [4.69, 9.17) is 5.73 Å². The van der Waals surface area contributed by atoms with Gasteiger partial charge in [-0.2, -0.15) is 18.3 Å². The first-order chi connectivity index (χ1) is 15.1. The van der Waals surface area contributed by atoms with E-state index in [0.29, 0.717) is 11.3 Å². The van der Waals surface area contributed by atoms with Crippen LogP contribution in [0.25, 0.3) is 21.3 Å². The lowest BCUT2D eigenvalue weighted by molar-refractivity contribution is -0.140. The minimum absolute atomic E-state index is 0.00591. The van der Waals surface area contributed by atoms with E-state index in [1.165, 1.54) is 36.1 Å². The molecular formula is C20H13F4N5O2S. The maximum absolute atomic E-state index is 13.5. The van der Waals surface area contributed by atoms with Gasteiger partial charge in [0.2, 0.25) is 0 Å². The smallest absolute Gasteiger partial charge is 0.365 e. The third-order valence-electron chi connectivity index (χ3n) is 4.62. The number of halogens is 4. The zero-order valence-corrected chi connectivity index (χ0v) is 17.0. The summed E-state index contributed by atoms with van der Waals surface area (Å²) in [4.78, 5) is 28.1. The van der Waals surface area contributed by atoms with Crippen molar-refractivity contribution in [3.8, 4) is 11.1 Å². The number of pyridine rings is 1. The Morgan fingerprint density at radius 3 is 2.41 bits per heavy atom.